The van der Waals surface area contributed by atoms with Crippen LogP contribution in [0.25, 0.3) is 0 Å². The van der Waals surface area contributed by atoms with Crippen LogP contribution in [0.1, 0.15) is 47.6 Å². The lowest BCUT2D eigenvalue weighted by molar-refractivity contribution is 0.0511. The van der Waals surface area contributed by atoms with Crippen LogP contribution in [0.15, 0.2) is 30.3 Å². The van der Waals surface area contributed by atoms with Gasteiger partial charge in [-0.3, -0.25) is 0 Å². The number of benzene rings is 1. The zero-order valence-electron chi connectivity index (χ0n) is 11.0. The predicted octanol–water partition coefficient (Wildman–Crippen LogP) is 2.46. The van der Waals surface area contributed by atoms with E-state index in [-0.39, 0.29) is 24.3 Å². The normalized spacial score (nSPS) is 20.7. The highest BCUT2D eigenvalue weighted by molar-refractivity contribution is 5.85. The molecule has 20 heavy (non-hydrogen) atoms. The van der Waals surface area contributed by atoms with Crippen LogP contribution in [-0.4, -0.2) is 27.3 Å². The molecule has 0 radical (unpaired) electrons. The van der Waals surface area contributed by atoms with Crippen molar-refractivity contribution in [3.63, 3.8) is 0 Å². The molecule has 3 rings (SSSR count). The summed E-state index contributed by atoms with van der Waals surface area (Å²) < 4.78 is 20.4. The molecule has 2 aromatic rings. The van der Waals surface area contributed by atoms with Gasteiger partial charge in [0.2, 0.25) is 0 Å². The summed E-state index contributed by atoms with van der Waals surface area (Å²) in [6, 6.07) is 9.29. The third kappa shape index (κ3) is 2.07. The Morgan fingerprint density at radius 2 is 2.20 bits per heavy atom. The summed E-state index contributed by atoms with van der Waals surface area (Å²) in [5.41, 5.74) is 0.953. The molecule has 1 aromatic carbocycles. The number of hydrogen-bond acceptors (Lipinski definition) is 4. The van der Waals surface area contributed by atoms with E-state index in [1.807, 2.05) is 30.3 Å². The Bertz CT molecular complexity index is 627. The molecule has 2 atom stereocenters. The predicted molar refractivity (Wildman–Crippen MR) is 69.0 cm³/mol. The maximum Gasteiger partial charge on any atom is 0.378 e. The number of alkyl halides is 1. The molecule has 1 aliphatic rings. The van der Waals surface area contributed by atoms with Gasteiger partial charge in [-0.2, -0.15) is 0 Å². The smallest absolute Gasteiger partial charge is 0.378 e. The van der Waals surface area contributed by atoms with Gasteiger partial charge in [0.25, 0.3) is 5.82 Å². The van der Waals surface area contributed by atoms with Gasteiger partial charge >= 0.3 is 5.97 Å². The number of halogens is 1. The van der Waals surface area contributed by atoms with E-state index in [0.717, 1.165) is 5.56 Å². The second-order valence-corrected chi connectivity index (χ2v) is 4.59. The summed E-state index contributed by atoms with van der Waals surface area (Å²) in [6.07, 6.45) is -0.918. The second kappa shape index (κ2) is 5.03. The number of esters is 1. The molecule has 2 unspecified atom stereocenters. The average molecular weight is 275 g/mol. The molecule has 1 aliphatic heterocycles. The first-order valence-electron chi connectivity index (χ1n) is 6.53. The molecule has 0 spiro atoms. The van der Waals surface area contributed by atoms with Gasteiger partial charge in [0.1, 0.15) is 0 Å². The van der Waals surface area contributed by atoms with E-state index in [0.29, 0.717) is 6.42 Å². The fourth-order valence-corrected chi connectivity index (χ4v) is 2.41. The molecule has 0 saturated carbocycles. The highest BCUT2D eigenvalue weighted by Gasteiger charge is 2.36. The van der Waals surface area contributed by atoms with Crippen molar-refractivity contribution < 1.29 is 13.9 Å². The lowest BCUT2D eigenvalue weighted by Crippen LogP contribution is -2.11. The van der Waals surface area contributed by atoms with E-state index < -0.39 is 12.1 Å². The minimum absolute atomic E-state index is 0.0786. The van der Waals surface area contributed by atoms with Crippen molar-refractivity contribution in [1.82, 2.24) is 14.8 Å². The lowest BCUT2D eigenvalue weighted by Gasteiger charge is -2.11. The van der Waals surface area contributed by atoms with E-state index in [2.05, 4.69) is 10.1 Å². The van der Waals surface area contributed by atoms with E-state index >= 15 is 0 Å². The van der Waals surface area contributed by atoms with Crippen LogP contribution in [0.3, 0.4) is 0 Å². The number of nitrogens with zero attached hydrogens (tertiary/aromatic N) is 3. The number of carbonyl (C=O) groups excluding carboxylic acids is 1. The molecule has 6 heteroatoms. The first-order chi connectivity index (χ1) is 9.70. The van der Waals surface area contributed by atoms with Crippen LogP contribution in [0.4, 0.5) is 4.39 Å². The summed E-state index contributed by atoms with van der Waals surface area (Å²) in [5.74, 6) is -0.500. The fraction of sp³-hybridized carbons (Fsp3) is 0.357. The summed E-state index contributed by atoms with van der Waals surface area (Å²) in [5, 5.41) is 4.11. The minimum Gasteiger partial charge on any atom is -0.460 e. The van der Waals surface area contributed by atoms with Gasteiger partial charge in [0.15, 0.2) is 12.0 Å². The molecule has 0 amide bonds. The molecule has 2 heterocycles. The Hall–Kier alpha value is -2.24. The maximum absolute atomic E-state index is 14.0. The number of hydrogen-bond donors (Lipinski definition) is 0. The van der Waals surface area contributed by atoms with E-state index in [9.17, 15) is 9.18 Å². The van der Waals surface area contributed by atoms with Crippen molar-refractivity contribution >= 4 is 5.97 Å². The topological polar surface area (TPSA) is 57.0 Å². The maximum atomic E-state index is 14.0. The Labute approximate surface area is 115 Å². The molecule has 1 aromatic heterocycles. The number of ether oxygens (including phenoxy) is 1. The molecule has 5 nitrogen and oxygen atoms in total. The second-order valence-electron chi connectivity index (χ2n) is 4.59. The van der Waals surface area contributed by atoms with Crippen molar-refractivity contribution in [2.75, 3.05) is 6.61 Å². The van der Waals surface area contributed by atoms with Gasteiger partial charge in [-0.1, -0.05) is 30.3 Å². The van der Waals surface area contributed by atoms with Gasteiger partial charge in [-0.15, -0.1) is 5.10 Å². The molecule has 104 valence electrons. The Balaban J connectivity index is 1.96. The molecule has 0 aliphatic carbocycles. The number of carbonyl (C=O) groups is 1. The van der Waals surface area contributed by atoms with Crippen molar-refractivity contribution in [1.29, 1.82) is 0 Å². The van der Waals surface area contributed by atoms with Crippen LogP contribution in [0.2, 0.25) is 0 Å². The number of aromatic nitrogens is 3. The summed E-state index contributed by atoms with van der Waals surface area (Å²) >= 11 is 0. The van der Waals surface area contributed by atoms with Gasteiger partial charge < -0.3 is 4.74 Å². The standard InChI is InChI=1S/C14H14FN3O2/c1-2-20-14(19)12-16-13-10(15)8-11(18(13)17-12)9-6-4-3-5-7-9/h3-7,10-11H,2,8H2,1H3. The summed E-state index contributed by atoms with van der Waals surface area (Å²) in [7, 11) is 0. The van der Waals surface area contributed by atoms with Crippen LogP contribution in [-0.2, 0) is 4.74 Å². The number of rotatable bonds is 3. The molecule has 0 bridgehead atoms. The van der Waals surface area contributed by atoms with Gasteiger partial charge in [-0.25, -0.2) is 18.9 Å². The van der Waals surface area contributed by atoms with Crippen molar-refractivity contribution in [2.24, 2.45) is 0 Å². The van der Waals surface area contributed by atoms with Crippen molar-refractivity contribution in [3.05, 3.63) is 47.5 Å². The van der Waals surface area contributed by atoms with Crippen molar-refractivity contribution in [2.45, 2.75) is 25.6 Å². The van der Waals surface area contributed by atoms with E-state index in [4.69, 9.17) is 4.74 Å². The summed E-state index contributed by atoms with van der Waals surface area (Å²) in [6.45, 7) is 1.94. The molecule has 0 fully saturated rings. The highest BCUT2D eigenvalue weighted by atomic mass is 19.1. The van der Waals surface area contributed by atoms with Crippen LogP contribution < -0.4 is 0 Å². The third-order valence-electron chi connectivity index (χ3n) is 3.31. The minimum atomic E-state index is -1.21. The SMILES string of the molecule is CCOC(=O)c1nc2n(n1)C(c1ccccc1)CC2F. The van der Waals surface area contributed by atoms with Gasteiger partial charge in [0.05, 0.1) is 12.6 Å². The molecule has 0 N–H and O–H groups in total. The monoisotopic (exact) mass is 275 g/mol. The van der Waals surface area contributed by atoms with Crippen LogP contribution >= 0.6 is 0 Å². The van der Waals surface area contributed by atoms with Crippen molar-refractivity contribution in [3.8, 4) is 0 Å². The molecular formula is C14H14FN3O2. The zero-order chi connectivity index (χ0) is 14.1. The number of fused-ring (bicyclic) bond motifs is 1. The van der Waals surface area contributed by atoms with Crippen LogP contribution in [0.5, 0.6) is 0 Å². The molecule has 0 saturated heterocycles. The Morgan fingerprint density at radius 3 is 2.90 bits per heavy atom. The Kier molecular flexibility index (Phi) is 3.22. The average Bonchev–Trinajstić information content (AvgIpc) is 3.01. The first kappa shape index (κ1) is 12.8. The largest absolute Gasteiger partial charge is 0.460 e. The van der Waals surface area contributed by atoms with Gasteiger partial charge in [-0.05, 0) is 12.5 Å². The third-order valence-corrected chi connectivity index (χ3v) is 3.31. The van der Waals surface area contributed by atoms with Crippen LogP contribution in [0, 0.1) is 0 Å². The van der Waals surface area contributed by atoms with E-state index in [1.54, 1.807) is 6.92 Å². The van der Waals surface area contributed by atoms with E-state index in [1.165, 1.54) is 4.68 Å². The molecular weight excluding hydrogens is 261 g/mol. The first-order valence-corrected chi connectivity index (χ1v) is 6.53. The Morgan fingerprint density at radius 1 is 1.45 bits per heavy atom. The lowest BCUT2D eigenvalue weighted by atomic mass is 10.0. The highest BCUT2D eigenvalue weighted by Crippen LogP contribution is 2.39. The van der Waals surface area contributed by atoms with Gasteiger partial charge in [0, 0.05) is 6.42 Å². The zero-order valence-corrected chi connectivity index (χ0v) is 11.0. The summed E-state index contributed by atoms with van der Waals surface area (Å²) in [4.78, 5) is 15.6. The quantitative estimate of drug-likeness (QED) is 0.807. The fourth-order valence-electron chi connectivity index (χ4n) is 2.41.